The molecule has 0 bridgehead atoms. The van der Waals surface area contributed by atoms with Gasteiger partial charge in [-0.2, -0.15) is 0 Å². The predicted octanol–water partition coefficient (Wildman–Crippen LogP) is 2.54. The normalized spacial score (nSPS) is 14.1. The molecule has 0 unspecified atom stereocenters. The summed E-state index contributed by atoms with van der Waals surface area (Å²) in [5, 5.41) is 2.76. The maximum atomic E-state index is 13.1. The van der Waals surface area contributed by atoms with Crippen LogP contribution in [0, 0.1) is 5.92 Å². The molecule has 0 atom stereocenters. The van der Waals surface area contributed by atoms with Crippen LogP contribution in [0.15, 0.2) is 47.4 Å². The summed E-state index contributed by atoms with van der Waals surface area (Å²) in [6.45, 7) is 4.34. The van der Waals surface area contributed by atoms with Crippen LogP contribution in [-0.4, -0.2) is 39.8 Å². The van der Waals surface area contributed by atoms with Crippen molar-refractivity contribution in [1.29, 1.82) is 0 Å². The van der Waals surface area contributed by atoms with Crippen molar-refractivity contribution in [3.8, 4) is 5.75 Å². The first-order valence-corrected chi connectivity index (χ1v) is 11.6. The highest BCUT2D eigenvalue weighted by atomic mass is 32.2. The minimum Gasteiger partial charge on any atom is -0.495 e. The van der Waals surface area contributed by atoms with Crippen LogP contribution in [0.25, 0.3) is 0 Å². The quantitative estimate of drug-likeness (QED) is 0.585. The average molecular weight is 460 g/mol. The van der Waals surface area contributed by atoms with Gasteiger partial charge >= 0.3 is 0 Å². The van der Waals surface area contributed by atoms with E-state index in [0.717, 1.165) is 4.90 Å². The number of hydrogen-bond acceptors (Lipinski definition) is 6. The molecule has 1 aliphatic rings. The van der Waals surface area contributed by atoms with Crippen LogP contribution in [0.2, 0.25) is 0 Å². The number of amides is 3. The summed E-state index contributed by atoms with van der Waals surface area (Å²) in [4.78, 5) is 37.6. The second kappa shape index (κ2) is 9.39. The lowest BCUT2D eigenvalue weighted by molar-refractivity contribution is -0.121. The van der Waals surface area contributed by atoms with Gasteiger partial charge in [0, 0.05) is 19.4 Å². The third-order valence-electron chi connectivity index (χ3n) is 4.84. The zero-order chi connectivity index (χ0) is 23.5. The van der Waals surface area contributed by atoms with E-state index in [2.05, 4.69) is 10.0 Å². The summed E-state index contributed by atoms with van der Waals surface area (Å²) in [5.74, 6) is -0.829. The largest absolute Gasteiger partial charge is 0.495 e. The summed E-state index contributed by atoms with van der Waals surface area (Å²) in [6, 6.07) is 10.1. The van der Waals surface area contributed by atoms with E-state index >= 15 is 0 Å². The highest BCUT2D eigenvalue weighted by Crippen LogP contribution is 2.34. The van der Waals surface area contributed by atoms with Gasteiger partial charge < -0.3 is 10.1 Å². The Kier molecular flexibility index (Phi) is 6.83. The first-order valence-electron chi connectivity index (χ1n) is 10.1. The van der Waals surface area contributed by atoms with E-state index < -0.39 is 27.7 Å². The molecule has 0 radical (unpaired) electrons. The summed E-state index contributed by atoms with van der Waals surface area (Å²) in [7, 11) is -2.78. The minimum absolute atomic E-state index is 0.0517. The molecule has 0 aromatic heterocycles. The fourth-order valence-electron chi connectivity index (χ4n) is 3.22. The smallest absolute Gasteiger partial charge is 0.261 e. The average Bonchev–Trinajstić information content (AvgIpc) is 3.09. The van der Waals surface area contributed by atoms with Crippen molar-refractivity contribution >= 4 is 39.1 Å². The Labute approximate surface area is 186 Å². The molecule has 1 aliphatic heterocycles. The van der Waals surface area contributed by atoms with Gasteiger partial charge in [-0.3, -0.25) is 19.1 Å². The van der Waals surface area contributed by atoms with Gasteiger partial charge in [0.2, 0.25) is 11.8 Å². The molecule has 0 aliphatic carbocycles. The molecule has 2 aromatic rings. The SMILES string of the molecule is COc1ccc(S(=O)(=O)Nc2ccccc2C(=O)NCC(C)C)cc1N1C(=O)CCC1=O. The van der Waals surface area contributed by atoms with Crippen LogP contribution >= 0.6 is 0 Å². The Balaban J connectivity index is 1.95. The molecule has 32 heavy (non-hydrogen) atoms. The molecule has 0 saturated carbocycles. The molecule has 3 amide bonds. The van der Waals surface area contributed by atoms with E-state index in [9.17, 15) is 22.8 Å². The van der Waals surface area contributed by atoms with Crippen LogP contribution in [0.4, 0.5) is 11.4 Å². The standard InChI is InChI=1S/C22H25N3O6S/c1-14(2)13-23-22(28)16-6-4-5-7-17(16)24-32(29,30)15-8-9-19(31-3)18(12-15)25-20(26)10-11-21(25)27/h4-9,12,14,24H,10-11,13H2,1-3H3,(H,23,28). The van der Waals surface area contributed by atoms with Crippen LogP contribution in [-0.2, 0) is 19.6 Å². The van der Waals surface area contributed by atoms with Gasteiger partial charge in [-0.25, -0.2) is 13.3 Å². The topological polar surface area (TPSA) is 122 Å². The van der Waals surface area contributed by atoms with E-state index in [4.69, 9.17) is 4.74 Å². The van der Waals surface area contributed by atoms with Crippen molar-refractivity contribution < 1.29 is 27.5 Å². The number of imide groups is 1. The van der Waals surface area contributed by atoms with Gasteiger partial charge in [0.25, 0.3) is 15.9 Å². The predicted molar refractivity (Wildman–Crippen MR) is 119 cm³/mol. The Morgan fingerprint density at radius 1 is 1.09 bits per heavy atom. The number of rotatable bonds is 8. The van der Waals surface area contributed by atoms with E-state index in [1.807, 2.05) is 13.8 Å². The third-order valence-corrected chi connectivity index (χ3v) is 6.20. The van der Waals surface area contributed by atoms with E-state index in [0.29, 0.717) is 6.54 Å². The van der Waals surface area contributed by atoms with Crippen molar-refractivity contribution in [2.45, 2.75) is 31.6 Å². The third kappa shape index (κ3) is 4.91. The fraction of sp³-hybridized carbons (Fsp3) is 0.318. The Morgan fingerprint density at radius 2 is 1.75 bits per heavy atom. The van der Waals surface area contributed by atoms with Crippen molar-refractivity contribution in [3.05, 3.63) is 48.0 Å². The number of carbonyl (C=O) groups excluding carboxylic acids is 3. The van der Waals surface area contributed by atoms with Crippen LogP contribution in [0.5, 0.6) is 5.75 Å². The Bertz CT molecular complexity index is 1140. The molecule has 1 saturated heterocycles. The van der Waals surface area contributed by atoms with E-state index in [1.165, 1.54) is 37.4 Å². The zero-order valence-corrected chi connectivity index (χ0v) is 18.9. The summed E-state index contributed by atoms with van der Waals surface area (Å²) in [6.07, 6.45) is 0.103. The Hall–Kier alpha value is -3.40. The van der Waals surface area contributed by atoms with Gasteiger partial charge in [-0.1, -0.05) is 26.0 Å². The lowest BCUT2D eigenvalue weighted by Gasteiger charge is -2.19. The number of benzene rings is 2. The molecule has 2 aromatic carbocycles. The van der Waals surface area contributed by atoms with Crippen molar-refractivity contribution in [1.82, 2.24) is 5.32 Å². The monoisotopic (exact) mass is 459 g/mol. The molecule has 10 heteroatoms. The van der Waals surface area contributed by atoms with Crippen LogP contribution < -0.4 is 19.7 Å². The van der Waals surface area contributed by atoms with Crippen molar-refractivity contribution in [3.63, 3.8) is 0 Å². The highest BCUT2D eigenvalue weighted by Gasteiger charge is 2.33. The van der Waals surface area contributed by atoms with Crippen LogP contribution in [0.1, 0.15) is 37.0 Å². The molecule has 9 nitrogen and oxygen atoms in total. The molecule has 170 valence electrons. The molecule has 1 heterocycles. The molecule has 1 fully saturated rings. The summed E-state index contributed by atoms with van der Waals surface area (Å²) < 4.78 is 33.9. The Morgan fingerprint density at radius 3 is 2.38 bits per heavy atom. The van der Waals surface area contributed by atoms with Crippen LogP contribution in [0.3, 0.4) is 0 Å². The number of nitrogens with zero attached hydrogens (tertiary/aromatic N) is 1. The number of hydrogen-bond donors (Lipinski definition) is 2. The first-order chi connectivity index (χ1) is 15.1. The number of ether oxygens (including phenoxy) is 1. The van der Waals surface area contributed by atoms with Gasteiger partial charge in [-0.05, 0) is 36.2 Å². The van der Waals surface area contributed by atoms with Crippen molar-refractivity contribution in [2.24, 2.45) is 5.92 Å². The number of methoxy groups -OCH3 is 1. The molecule has 3 rings (SSSR count). The highest BCUT2D eigenvalue weighted by molar-refractivity contribution is 7.92. The lowest BCUT2D eigenvalue weighted by Crippen LogP contribution is -2.29. The minimum atomic E-state index is -4.15. The zero-order valence-electron chi connectivity index (χ0n) is 18.0. The van der Waals surface area contributed by atoms with Gasteiger partial charge in [-0.15, -0.1) is 0 Å². The maximum absolute atomic E-state index is 13.1. The lowest BCUT2D eigenvalue weighted by atomic mass is 10.1. The van der Waals surface area contributed by atoms with E-state index in [1.54, 1.807) is 12.1 Å². The van der Waals surface area contributed by atoms with Gasteiger partial charge in [0.15, 0.2) is 0 Å². The second-order valence-corrected chi connectivity index (χ2v) is 9.39. The van der Waals surface area contributed by atoms with Crippen molar-refractivity contribution in [2.75, 3.05) is 23.3 Å². The van der Waals surface area contributed by atoms with Gasteiger partial charge in [0.05, 0.1) is 28.9 Å². The number of nitrogens with one attached hydrogen (secondary N) is 2. The molecular formula is C22H25N3O6S. The second-order valence-electron chi connectivity index (χ2n) is 7.71. The first kappa shape index (κ1) is 23.3. The number of carbonyl (C=O) groups is 3. The molecule has 0 spiro atoms. The number of para-hydroxylation sites is 1. The fourth-order valence-corrected chi connectivity index (χ4v) is 4.32. The molecule has 2 N–H and O–H groups in total. The molecular weight excluding hydrogens is 434 g/mol. The summed E-state index contributed by atoms with van der Waals surface area (Å²) >= 11 is 0. The maximum Gasteiger partial charge on any atom is 0.261 e. The number of sulfonamides is 1. The summed E-state index contributed by atoms with van der Waals surface area (Å²) in [5.41, 5.74) is 0.348. The number of anilines is 2. The van der Waals surface area contributed by atoms with E-state index in [-0.39, 0.29) is 46.3 Å². The van der Waals surface area contributed by atoms with Gasteiger partial charge in [0.1, 0.15) is 5.75 Å².